The molecule has 4 rings (SSSR count). The fourth-order valence-electron chi connectivity index (χ4n) is 3.20. The second kappa shape index (κ2) is 6.60. The second-order valence-electron chi connectivity index (χ2n) is 6.21. The zero-order valence-corrected chi connectivity index (χ0v) is 13.9. The van der Waals surface area contributed by atoms with E-state index in [1.54, 1.807) is 12.5 Å². The highest BCUT2D eigenvalue weighted by Gasteiger charge is 2.31. The van der Waals surface area contributed by atoms with Crippen LogP contribution >= 0.6 is 0 Å². The van der Waals surface area contributed by atoms with Crippen molar-refractivity contribution in [1.29, 1.82) is 0 Å². The molecule has 1 aromatic carbocycles. The monoisotopic (exact) mass is 340 g/mol. The van der Waals surface area contributed by atoms with Crippen molar-refractivity contribution in [3.63, 3.8) is 0 Å². The van der Waals surface area contributed by atoms with Gasteiger partial charge in [-0.2, -0.15) is 0 Å². The predicted molar refractivity (Wildman–Crippen MR) is 93.3 cm³/mol. The number of imidazole rings is 1. The van der Waals surface area contributed by atoms with E-state index in [1.165, 1.54) is 0 Å². The van der Waals surface area contributed by atoms with Gasteiger partial charge in [-0.3, -0.25) is 0 Å². The normalized spacial score (nSPS) is 20.5. The van der Waals surface area contributed by atoms with Gasteiger partial charge in [-0.15, -0.1) is 0 Å². The SMILES string of the molecule is Cn1ccnc1[C@H]1OCCC[C@@H]1NC(=O)Nc1ccc2ccoc2c1. The van der Waals surface area contributed by atoms with E-state index in [0.717, 1.165) is 29.6 Å². The zero-order chi connectivity index (χ0) is 17.2. The molecule has 0 aliphatic carbocycles. The maximum absolute atomic E-state index is 12.4. The predicted octanol–water partition coefficient (Wildman–Crippen LogP) is 3.21. The summed E-state index contributed by atoms with van der Waals surface area (Å²) in [5, 5.41) is 6.88. The van der Waals surface area contributed by atoms with Crippen molar-refractivity contribution in [3.05, 3.63) is 48.7 Å². The van der Waals surface area contributed by atoms with Crippen LogP contribution in [0.3, 0.4) is 0 Å². The van der Waals surface area contributed by atoms with Gasteiger partial charge in [0.15, 0.2) is 0 Å². The van der Waals surface area contributed by atoms with Gasteiger partial charge in [0.25, 0.3) is 0 Å². The van der Waals surface area contributed by atoms with E-state index in [2.05, 4.69) is 15.6 Å². The lowest BCUT2D eigenvalue weighted by Crippen LogP contribution is -2.45. The number of anilines is 1. The smallest absolute Gasteiger partial charge is 0.319 e. The van der Waals surface area contributed by atoms with Gasteiger partial charge in [0.05, 0.1) is 12.3 Å². The Morgan fingerprint density at radius 3 is 3.12 bits per heavy atom. The van der Waals surface area contributed by atoms with Crippen molar-refractivity contribution in [2.45, 2.75) is 25.0 Å². The van der Waals surface area contributed by atoms with Crippen LogP contribution < -0.4 is 10.6 Å². The first kappa shape index (κ1) is 15.7. The van der Waals surface area contributed by atoms with E-state index in [1.807, 2.05) is 42.1 Å². The van der Waals surface area contributed by atoms with E-state index >= 15 is 0 Å². The van der Waals surface area contributed by atoms with Gasteiger partial charge in [0.2, 0.25) is 0 Å². The van der Waals surface area contributed by atoms with Gasteiger partial charge in [-0.25, -0.2) is 9.78 Å². The molecule has 25 heavy (non-hydrogen) atoms. The Bertz CT molecular complexity index is 885. The van der Waals surface area contributed by atoms with Gasteiger partial charge < -0.3 is 24.4 Å². The highest BCUT2D eigenvalue weighted by atomic mass is 16.5. The number of amides is 2. The molecule has 0 bridgehead atoms. The van der Waals surface area contributed by atoms with Crippen LogP contribution in [-0.2, 0) is 11.8 Å². The highest BCUT2D eigenvalue weighted by Crippen LogP contribution is 2.27. The Morgan fingerprint density at radius 2 is 2.28 bits per heavy atom. The molecule has 3 aromatic rings. The van der Waals surface area contributed by atoms with Crippen molar-refractivity contribution < 1.29 is 13.9 Å². The average molecular weight is 340 g/mol. The number of carbonyl (C=O) groups is 1. The minimum absolute atomic E-state index is 0.123. The second-order valence-corrected chi connectivity index (χ2v) is 6.21. The third kappa shape index (κ3) is 3.23. The standard InChI is InChI=1S/C18H20N4O3/c1-22-8-7-19-17(22)16-14(3-2-9-25-16)21-18(23)20-13-5-4-12-6-10-24-15(12)11-13/h4-8,10-11,14,16H,2-3,9H2,1H3,(H2,20,21,23)/t14-,16-/m0/s1. The average Bonchev–Trinajstić information content (AvgIpc) is 3.23. The van der Waals surface area contributed by atoms with Gasteiger partial charge >= 0.3 is 6.03 Å². The van der Waals surface area contributed by atoms with Crippen LogP contribution in [0.5, 0.6) is 0 Å². The lowest BCUT2D eigenvalue weighted by atomic mass is 10.0. The van der Waals surface area contributed by atoms with E-state index in [-0.39, 0.29) is 18.2 Å². The van der Waals surface area contributed by atoms with Gasteiger partial charge in [-0.05, 0) is 31.0 Å². The molecule has 2 N–H and O–H groups in total. The van der Waals surface area contributed by atoms with Crippen LogP contribution in [0, 0.1) is 0 Å². The number of nitrogens with one attached hydrogen (secondary N) is 2. The number of benzene rings is 1. The summed E-state index contributed by atoms with van der Waals surface area (Å²) in [6.45, 7) is 0.673. The van der Waals surface area contributed by atoms with E-state index in [4.69, 9.17) is 9.15 Å². The minimum Gasteiger partial charge on any atom is -0.464 e. The summed E-state index contributed by atoms with van der Waals surface area (Å²) < 4.78 is 13.2. The first-order chi connectivity index (χ1) is 12.2. The molecule has 1 aliphatic rings. The van der Waals surface area contributed by atoms with Crippen LogP contribution in [0.2, 0.25) is 0 Å². The molecule has 130 valence electrons. The fraction of sp³-hybridized carbons (Fsp3) is 0.333. The number of ether oxygens (including phenoxy) is 1. The molecule has 1 saturated heterocycles. The number of hydrogen-bond donors (Lipinski definition) is 2. The van der Waals surface area contributed by atoms with Crippen LogP contribution in [-0.4, -0.2) is 28.2 Å². The maximum Gasteiger partial charge on any atom is 0.319 e. The number of carbonyl (C=O) groups excluding carboxylic acids is 1. The molecule has 3 heterocycles. The van der Waals surface area contributed by atoms with E-state index in [0.29, 0.717) is 12.3 Å². The molecule has 0 unspecified atom stereocenters. The summed E-state index contributed by atoms with van der Waals surface area (Å²) >= 11 is 0. The summed E-state index contributed by atoms with van der Waals surface area (Å²) in [5.41, 5.74) is 1.43. The first-order valence-electron chi connectivity index (χ1n) is 8.34. The Labute approximate surface area is 145 Å². The van der Waals surface area contributed by atoms with Crippen molar-refractivity contribution >= 4 is 22.7 Å². The summed E-state index contributed by atoms with van der Waals surface area (Å²) in [5.74, 6) is 0.821. The minimum atomic E-state index is -0.263. The van der Waals surface area contributed by atoms with Gasteiger partial charge in [-0.1, -0.05) is 0 Å². The Morgan fingerprint density at radius 1 is 1.36 bits per heavy atom. The number of nitrogens with zero attached hydrogens (tertiary/aromatic N) is 2. The molecule has 0 spiro atoms. The van der Waals surface area contributed by atoms with Crippen molar-refractivity contribution in [3.8, 4) is 0 Å². The number of hydrogen-bond acceptors (Lipinski definition) is 4. The molecular weight excluding hydrogens is 320 g/mol. The summed E-state index contributed by atoms with van der Waals surface area (Å²) in [6, 6.07) is 7.07. The van der Waals surface area contributed by atoms with Gasteiger partial charge in [0, 0.05) is 43.2 Å². The first-order valence-corrected chi connectivity index (χ1v) is 8.34. The van der Waals surface area contributed by atoms with Gasteiger partial charge in [0.1, 0.15) is 17.5 Å². The molecule has 2 atom stereocenters. The Balaban J connectivity index is 1.45. The molecule has 7 nitrogen and oxygen atoms in total. The topological polar surface area (TPSA) is 81.3 Å². The zero-order valence-electron chi connectivity index (χ0n) is 13.9. The van der Waals surface area contributed by atoms with Crippen LogP contribution in [0.4, 0.5) is 10.5 Å². The number of fused-ring (bicyclic) bond motifs is 1. The number of rotatable bonds is 3. The van der Waals surface area contributed by atoms with Crippen LogP contribution in [0.1, 0.15) is 24.8 Å². The van der Waals surface area contributed by atoms with Crippen molar-refractivity contribution in [2.75, 3.05) is 11.9 Å². The molecular formula is C18H20N4O3. The maximum atomic E-state index is 12.4. The van der Waals surface area contributed by atoms with Crippen LogP contribution in [0.15, 0.2) is 47.3 Å². The third-order valence-corrected chi connectivity index (χ3v) is 4.47. The molecule has 2 amide bonds. The fourth-order valence-corrected chi connectivity index (χ4v) is 3.20. The number of furan rings is 1. The third-order valence-electron chi connectivity index (χ3n) is 4.47. The summed E-state index contributed by atoms with van der Waals surface area (Å²) in [4.78, 5) is 16.8. The molecule has 1 fully saturated rings. The number of aryl methyl sites for hydroxylation is 1. The van der Waals surface area contributed by atoms with Crippen LogP contribution in [0.25, 0.3) is 11.0 Å². The molecule has 0 radical (unpaired) electrons. The van der Waals surface area contributed by atoms with E-state index < -0.39 is 0 Å². The summed E-state index contributed by atoms with van der Waals surface area (Å²) in [6.07, 6.45) is 6.76. The highest BCUT2D eigenvalue weighted by molar-refractivity contribution is 5.92. The number of aromatic nitrogens is 2. The Kier molecular flexibility index (Phi) is 4.15. The molecule has 1 aliphatic heterocycles. The number of urea groups is 1. The lowest BCUT2D eigenvalue weighted by molar-refractivity contribution is -0.0136. The van der Waals surface area contributed by atoms with Crippen molar-refractivity contribution in [2.24, 2.45) is 7.05 Å². The Hall–Kier alpha value is -2.80. The molecule has 2 aromatic heterocycles. The molecule has 0 saturated carbocycles. The molecule has 7 heteroatoms. The van der Waals surface area contributed by atoms with E-state index in [9.17, 15) is 4.79 Å². The quantitative estimate of drug-likeness (QED) is 0.767. The van der Waals surface area contributed by atoms with Crippen molar-refractivity contribution in [1.82, 2.24) is 14.9 Å². The largest absolute Gasteiger partial charge is 0.464 e. The summed E-state index contributed by atoms with van der Waals surface area (Å²) in [7, 11) is 1.93. The lowest BCUT2D eigenvalue weighted by Gasteiger charge is -2.31.